The van der Waals surface area contributed by atoms with Crippen LogP contribution in [-0.4, -0.2) is 10.7 Å². The van der Waals surface area contributed by atoms with Crippen molar-refractivity contribution in [2.75, 3.05) is 0 Å². The van der Waals surface area contributed by atoms with Crippen LogP contribution in [0, 0.1) is 10.1 Å². The van der Waals surface area contributed by atoms with Gasteiger partial charge in [0.2, 0.25) is 0 Å². The minimum Gasteiger partial charge on any atom is -0.465 e. The van der Waals surface area contributed by atoms with Crippen molar-refractivity contribution in [1.29, 1.82) is 0 Å². The summed E-state index contributed by atoms with van der Waals surface area (Å²) in [5, 5.41) is 10.6. The van der Waals surface area contributed by atoms with Crippen molar-refractivity contribution in [3.63, 3.8) is 0 Å². The van der Waals surface area contributed by atoms with Gasteiger partial charge in [0.05, 0.1) is 11.2 Å². The van der Waals surface area contributed by atoms with Crippen molar-refractivity contribution in [2.45, 2.75) is 19.3 Å². The highest BCUT2D eigenvalue weighted by molar-refractivity contribution is 6.13. The second-order valence-electron chi connectivity index (χ2n) is 4.92. The molecule has 21 heavy (non-hydrogen) atoms. The van der Waals surface area contributed by atoms with E-state index in [-0.39, 0.29) is 11.5 Å². The first-order valence-electron chi connectivity index (χ1n) is 6.72. The van der Waals surface area contributed by atoms with E-state index in [1.54, 1.807) is 12.3 Å². The summed E-state index contributed by atoms with van der Waals surface area (Å²) in [5.74, 6) is 0.659. The number of hydrogen-bond donors (Lipinski definition) is 0. The summed E-state index contributed by atoms with van der Waals surface area (Å²) in [6.07, 6.45) is 4.05. The van der Waals surface area contributed by atoms with Gasteiger partial charge in [-0.15, -0.1) is 0 Å². The highest BCUT2D eigenvalue weighted by Crippen LogP contribution is 2.35. The van der Waals surface area contributed by atoms with Crippen LogP contribution in [0.4, 0.5) is 5.69 Å². The van der Waals surface area contributed by atoms with E-state index in [1.165, 1.54) is 24.3 Å². The average molecular weight is 283 g/mol. The van der Waals surface area contributed by atoms with E-state index in [9.17, 15) is 14.9 Å². The molecule has 0 fully saturated rings. The molecule has 0 spiro atoms. The van der Waals surface area contributed by atoms with Gasteiger partial charge in [-0.1, -0.05) is 0 Å². The number of nitro benzene ring substituents is 1. The van der Waals surface area contributed by atoms with Gasteiger partial charge in [0.25, 0.3) is 5.69 Å². The molecule has 0 amide bonds. The number of hydrogen-bond acceptors (Lipinski definition) is 4. The van der Waals surface area contributed by atoms with Crippen LogP contribution in [0.5, 0.6) is 0 Å². The van der Waals surface area contributed by atoms with Gasteiger partial charge in [-0.05, 0) is 43.5 Å². The molecule has 0 bridgehead atoms. The topological polar surface area (TPSA) is 73.3 Å². The third kappa shape index (κ3) is 2.50. The largest absolute Gasteiger partial charge is 0.465 e. The van der Waals surface area contributed by atoms with Gasteiger partial charge in [0, 0.05) is 28.8 Å². The first-order chi connectivity index (χ1) is 10.2. The lowest BCUT2D eigenvalue weighted by molar-refractivity contribution is -0.384. The highest BCUT2D eigenvalue weighted by Gasteiger charge is 2.24. The number of rotatable bonds is 4. The standard InChI is InChI=1S/C16H13NO4/c18-16(11-6-8-12(9-7-11)17(19)20)14-4-1-3-13(14)15-5-2-10-21-15/h2,5-10H,1,3-4H2. The molecule has 2 aromatic rings. The molecule has 1 aliphatic carbocycles. The molecular weight excluding hydrogens is 270 g/mol. The molecule has 1 aromatic heterocycles. The summed E-state index contributed by atoms with van der Waals surface area (Å²) in [6, 6.07) is 9.38. The van der Waals surface area contributed by atoms with Crippen LogP contribution < -0.4 is 0 Å². The van der Waals surface area contributed by atoms with Crippen LogP contribution in [0.1, 0.15) is 35.4 Å². The van der Waals surface area contributed by atoms with Gasteiger partial charge < -0.3 is 4.42 Å². The van der Waals surface area contributed by atoms with E-state index in [1.807, 2.05) is 6.07 Å². The molecule has 3 rings (SSSR count). The van der Waals surface area contributed by atoms with Crippen LogP contribution in [0.15, 0.2) is 52.7 Å². The van der Waals surface area contributed by atoms with Gasteiger partial charge in [-0.3, -0.25) is 14.9 Å². The van der Waals surface area contributed by atoms with Gasteiger partial charge in [-0.25, -0.2) is 0 Å². The Balaban J connectivity index is 1.94. The highest BCUT2D eigenvalue weighted by atomic mass is 16.6. The number of Topliss-reactive ketones (excluding diaryl/α,β-unsaturated/α-hetero) is 1. The van der Waals surface area contributed by atoms with E-state index in [2.05, 4.69) is 0 Å². The molecule has 5 heteroatoms. The fourth-order valence-corrected chi connectivity index (χ4v) is 2.63. The zero-order chi connectivity index (χ0) is 14.8. The molecule has 0 N–H and O–H groups in total. The third-order valence-corrected chi connectivity index (χ3v) is 3.65. The molecule has 0 aliphatic heterocycles. The summed E-state index contributed by atoms with van der Waals surface area (Å²) >= 11 is 0. The smallest absolute Gasteiger partial charge is 0.269 e. The predicted octanol–water partition coefficient (Wildman–Crippen LogP) is 4.01. The van der Waals surface area contributed by atoms with Gasteiger partial charge >= 0.3 is 0 Å². The van der Waals surface area contributed by atoms with Crippen molar-refractivity contribution in [3.05, 3.63) is 69.7 Å². The number of furan rings is 1. The molecule has 1 heterocycles. The summed E-state index contributed by atoms with van der Waals surface area (Å²) in [7, 11) is 0. The quantitative estimate of drug-likeness (QED) is 0.482. The number of nitrogens with zero attached hydrogens (tertiary/aromatic N) is 1. The lowest BCUT2D eigenvalue weighted by Crippen LogP contribution is -2.03. The molecule has 0 radical (unpaired) electrons. The van der Waals surface area contributed by atoms with E-state index < -0.39 is 4.92 Å². The Bertz CT molecular complexity index is 711. The SMILES string of the molecule is O=C(C1=C(c2ccco2)CCC1)c1ccc([N+](=O)[O-])cc1. The van der Waals surface area contributed by atoms with E-state index in [0.29, 0.717) is 12.0 Å². The molecule has 5 nitrogen and oxygen atoms in total. The van der Waals surface area contributed by atoms with Gasteiger partial charge in [-0.2, -0.15) is 0 Å². The van der Waals surface area contributed by atoms with Crippen LogP contribution >= 0.6 is 0 Å². The first-order valence-corrected chi connectivity index (χ1v) is 6.72. The Kier molecular flexibility index (Phi) is 3.39. The number of ketones is 1. The molecule has 0 unspecified atom stereocenters. The first kappa shape index (κ1) is 13.3. The Morgan fingerprint density at radius 3 is 2.52 bits per heavy atom. The maximum absolute atomic E-state index is 12.6. The molecule has 1 aromatic carbocycles. The molecule has 0 saturated carbocycles. The average Bonchev–Trinajstić information content (AvgIpc) is 3.17. The number of non-ortho nitro benzene ring substituents is 1. The van der Waals surface area contributed by atoms with E-state index in [4.69, 9.17) is 4.42 Å². The summed E-state index contributed by atoms with van der Waals surface area (Å²) in [6.45, 7) is 0. The molecule has 1 aliphatic rings. The van der Waals surface area contributed by atoms with Crippen LogP contribution in [0.2, 0.25) is 0 Å². The number of benzene rings is 1. The second kappa shape index (κ2) is 5.36. The zero-order valence-electron chi connectivity index (χ0n) is 11.2. The Morgan fingerprint density at radius 1 is 1.14 bits per heavy atom. The minimum atomic E-state index is -0.475. The van der Waals surface area contributed by atoms with Crippen LogP contribution in [0.25, 0.3) is 5.57 Å². The van der Waals surface area contributed by atoms with Gasteiger partial charge in [0.1, 0.15) is 5.76 Å². The third-order valence-electron chi connectivity index (χ3n) is 3.65. The molecular formula is C16H13NO4. The Labute approximate surface area is 121 Å². The lowest BCUT2D eigenvalue weighted by Gasteiger charge is -2.05. The summed E-state index contributed by atoms with van der Waals surface area (Å²) in [5.41, 5.74) is 2.15. The van der Waals surface area contributed by atoms with Crippen molar-refractivity contribution < 1.29 is 14.1 Å². The van der Waals surface area contributed by atoms with E-state index in [0.717, 1.165) is 29.7 Å². The Hall–Kier alpha value is -2.69. The Morgan fingerprint density at radius 2 is 1.90 bits per heavy atom. The number of carbonyl (C=O) groups excluding carboxylic acids is 1. The number of carbonyl (C=O) groups is 1. The van der Waals surface area contributed by atoms with Crippen LogP contribution in [0.3, 0.4) is 0 Å². The fraction of sp³-hybridized carbons (Fsp3) is 0.188. The molecule has 0 atom stereocenters. The maximum atomic E-state index is 12.6. The number of allylic oxidation sites excluding steroid dienone is 2. The van der Waals surface area contributed by atoms with Crippen molar-refractivity contribution in [1.82, 2.24) is 0 Å². The maximum Gasteiger partial charge on any atom is 0.269 e. The predicted molar refractivity (Wildman–Crippen MR) is 76.9 cm³/mol. The minimum absolute atomic E-state index is 0.0155. The van der Waals surface area contributed by atoms with Crippen molar-refractivity contribution in [2.24, 2.45) is 0 Å². The van der Waals surface area contributed by atoms with E-state index >= 15 is 0 Å². The monoisotopic (exact) mass is 283 g/mol. The van der Waals surface area contributed by atoms with Gasteiger partial charge in [0.15, 0.2) is 5.78 Å². The lowest BCUT2D eigenvalue weighted by atomic mass is 9.99. The number of nitro groups is 1. The zero-order valence-corrected chi connectivity index (χ0v) is 11.2. The van der Waals surface area contributed by atoms with Crippen LogP contribution in [-0.2, 0) is 0 Å². The summed E-state index contributed by atoms with van der Waals surface area (Å²) < 4.78 is 5.38. The molecule has 0 saturated heterocycles. The summed E-state index contributed by atoms with van der Waals surface area (Å²) in [4.78, 5) is 22.7. The van der Waals surface area contributed by atoms with Crippen molar-refractivity contribution >= 4 is 17.0 Å². The fourth-order valence-electron chi connectivity index (χ4n) is 2.63. The second-order valence-corrected chi connectivity index (χ2v) is 4.92. The van der Waals surface area contributed by atoms with Crippen molar-refractivity contribution in [3.8, 4) is 0 Å². The normalized spacial score (nSPS) is 14.5. The molecule has 106 valence electrons.